The predicted molar refractivity (Wildman–Crippen MR) is 78.5 cm³/mol. The molecule has 0 fully saturated rings. The van der Waals surface area contributed by atoms with E-state index in [1.807, 2.05) is 0 Å². The Morgan fingerprint density at radius 3 is 2.17 bits per heavy atom. The van der Waals surface area contributed by atoms with Crippen molar-refractivity contribution < 1.29 is 27.6 Å². The van der Waals surface area contributed by atoms with Crippen LogP contribution in [0.5, 0.6) is 0 Å². The van der Waals surface area contributed by atoms with Gasteiger partial charge in [-0.2, -0.15) is 13.2 Å². The Balaban J connectivity index is 2.56. The largest absolute Gasteiger partial charge is 0.425 e. The Bertz CT molecular complexity index is 772. The normalized spacial score (nSPS) is 14.5. The topological polar surface area (TPSA) is 63.4 Å². The van der Waals surface area contributed by atoms with Crippen LogP contribution in [0, 0.1) is 15.9 Å². The molecule has 4 nitrogen and oxygen atoms in total. The standard InChI is InChI=1S/C16H11F4NO3/c17-12-7-5-11(6-8-12)9-10-15(22,16(18,19)20)13-3-1-2-4-14(13)21(23)24/h1-10,22H. The Morgan fingerprint density at radius 1 is 1.04 bits per heavy atom. The SMILES string of the molecule is O=[N+]([O-])c1ccccc1C(O)(C=Cc1ccc(F)cc1)C(F)(F)F. The van der Waals surface area contributed by atoms with E-state index < -0.39 is 33.8 Å². The molecule has 0 saturated carbocycles. The molecule has 2 aromatic rings. The number of aliphatic hydroxyl groups is 1. The zero-order valence-corrected chi connectivity index (χ0v) is 12.0. The summed E-state index contributed by atoms with van der Waals surface area (Å²) >= 11 is 0. The molecule has 0 spiro atoms. The first-order valence-electron chi connectivity index (χ1n) is 6.63. The molecule has 0 saturated heterocycles. The van der Waals surface area contributed by atoms with Gasteiger partial charge in [0, 0.05) is 6.07 Å². The van der Waals surface area contributed by atoms with E-state index in [4.69, 9.17) is 0 Å². The quantitative estimate of drug-likeness (QED) is 0.515. The van der Waals surface area contributed by atoms with Crippen LogP contribution < -0.4 is 0 Å². The van der Waals surface area contributed by atoms with Gasteiger partial charge in [-0.1, -0.05) is 30.3 Å². The highest BCUT2D eigenvalue weighted by atomic mass is 19.4. The van der Waals surface area contributed by atoms with Crippen molar-refractivity contribution in [2.45, 2.75) is 11.8 Å². The van der Waals surface area contributed by atoms with E-state index >= 15 is 0 Å². The monoisotopic (exact) mass is 341 g/mol. The molecule has 2 rings (SSSR count). The summed E-state index contributed by atoms with van der Waals surface area (Å²) in [4.78, 5) is 9.97. The van der Waals surface area contributed by atoms with Crippen molar-refractivity contribution in [3.63, 3.8) is 0 Å². The fourth-order valence-corrected chi connectivity index (χ4v) is 2.08. The maximum Gasteiger partial charge on any atom is 0.425 e. The van der Waals surface area contributed by atoms with Gasteiger partial charge < -0.3 is 5.11 Å². The molecule has 0 aliphatic rings. The maximum absolute atomic E-state index is 13.4. The van der Waals surface area contributed by atoms with Crippen molar-refractivity contribution in [1.29, 1.82) is 0 Å². The van der Waals surface area contributed by atoms with Gasteiger partial charge in [0.1, 0.15) is 5.82 Å². The molecule has 0 aliphatic carbocycles. The molecular weight excluding hydrogens is 330 g/mol. The van der Waals surface area contributed by atoms with Crippen LogP contribution in [0.2, 0.25) is 0 Å². The molecule has 0 bridgehead atoms. The molecule has 0 aliphatic heterocycles. The van der Waals surface area contributed by atoms with Crippen molar-refractivity contribution in [3.8, 4) is 0 Å². The van der Waals surface area contributed by atoms with Crippen LogP contribution in [0.4, 0.5) is 23.2 Å². The highest BCUT2D eigenvalue weighted by Crippen LogP contribution is 2.43. The second-order valence-corrected chi connectivity index (χ2v) is 4.92. The van der Waals surface area contributed by atoms with E-state index in [0.717, 1.165) is 36.4 Å². The van der Waals surface area contributed by atoms with Gasteiger partial charge in [0.25, 0.3) is 5.69 Å². The van der Waals surface area contributed by atoms with Crippen LogP contribution in [0.1, 0.15) is 11.1 Å². The number of hydrogen-bond donors (Lipinski definition) is 1. The number of rotatable bonds is 4. The molecule has 126 valence electrons. The van der Waals surface area contributed by atoms with Gasteiger partial charge in [-0.25, -0.2) is 4.39 Å². The average molecular weight is 341 g/mol. The van der Waals surface area contributed by atoms with E-state index in [9.17, 15) is 32.8 Å². The zero-order chi connectivity index (χ0) is 18.0. The third-order valence-corrected chi connectivity index (χ3v) is 3.33. The van der Waals surface area contributed by atoms with E-state index in [2.05, 4.69) is 0 Å². The minimum Gasteiger partial charge on any atom is -0.372 e. The number of nitrogens with zero attached hydrogens (tertiary/aromatic N) is 1. The van der Waals surface area contributed by atoms with Crippen molar-refractivity contribution in [2.24, 2.45) is 0 Å². The highest BCUT2D eigenvalue weighted by Gasteiger charge is 2.55. The number of benzene rings is 2. The second kappa shape index (κ2) is 6.40. The van der Waals surface area contributed by atoms with E-state index in [1.54, 1.807) is 0 Å². The van der Waals surface area contributed by atoms with Gasteiger partial charge in [-0.05, 0) is 29.8 Å². The molecule has 1 unspecified atom stereocenters. The van der Waals surface area contributed by atoms with Gasteiger partial charge in [0.15, 0.2) is 0 Å². The Labute approximate surface area is 133 Å². The third kappa shape index (κ3) is 3.43. The summed E-state index contributed by atoms with van der Waals surface area (Å²) in [6, 6.07) is 8.56. The van der Waals surface area contributed by atoms with Crippen LogP contribution in [-0.4, -0.2) is 16.2 Å². The van der Waals surface area contributed by atoms with E-state index in [0.29, 0.717) is 6.08 Å². The molecule has 0 heterocycles. The molecule has 2 aromatic carbocycles. The summed E-state index contributed by atoms with van der Waals surface area (Å²) in [5.74, 6) is -0.572. The third-order valence-electron chi connectivity index (χ3n) is 3.33. The Morgan fingerprint density at radius 2 is 1.62 bits per heavy atom. The molecular formula is C16H11F4NO3. The number of nitro groups is 1. The molecule has 1 atom stereocenters. The van der Waals surface area contributed by atoms with Gasteiger partial charge in [0.05, 0.1) is 10.5 Å². The lowest BCUT2D eigenvalue weighted by Gasteiger charge is -2.27. The number of hydrogen-bond acceptors (Lipinski definition) is 3. The lowest BCUT2D eigenvalue weighted by atomic mass is 9.90. The molecule has 0 radical (unpaired) electrons. The Hall–Kier alpha value is -2.74. The van der Waals surface area contributed by atoms with Crippen LogP contribution in [0.15, 0.2) is 54.6 Å². The minimum absolute atomic E-state index is 0.192. The lowest BCUT2D eigenvalue weighted by molar-refractivity contribution is -0.388. The molecule has 0 aromatic heterocycles. The number of halogens is 4. The van der Waals surface area contributed by atoms with Crippen molar-refractivity contribution >= 4 is 11.8 Å². The highest BCUT2D eigenvalue weighted by molar-refractivity contribution is 5.55. The van der Waals surface area contributed by atoms with Crippen molar-refractivity contribution in [1.82, 2.24) is 0 Å². The fourth-order valence-electron chi connectivity index (χ4n) is 2.08. The van der Waals surface area contributed by atoms with Gasteiger partial charge in [-0.15, -0.1) is 0 Å². The summed E-state index contributed by atoms with van der Waals surface area (Å²) in [6.45, 7) is 0. The lowest BCUT2D eigenvalue weighted by Crippen LogP contribution is -2.40. The zero-order valence-electron chi connectivity index (χ0n) is 12.0. The van der Waals surface area contributed by atoms with Crippen LogP contribution in [-0.2, 0) is 5.60 Å². The molecule has 0 amide bonds. The van der Waals surface area contributed by atoms with E-state index in [1.165, 1.54) is 18.2 Å². The maximum atomic E-state index is 13.4. The van der Waals surface area contributed by atoms with Gasteiger partial charge >= 0.3 is 6.18 Å². The fraction of sp³-hybridized carbons (Fsp3) is 0.125. The number of para-hydroxylation sites is 1. The van der Waals surface area contributed by atoms with Gasteiger partial charge in [-0.3, -0.25) is 10.1 Å². The van der Waals surface area contributed by atoms with Crippen molar-refractivity contribution in [3.05, 3.63) is 81.7 Å². The predicted octanol–water partition coefficient (Wildman–Crippen LogP) is 4.20. The average Bonchev–Trinajstić information content (AvgIpc) is 2.53. The second-order valence-electron chi connectivity index (χ2n) is 4.92. The molecule has 1 N–H and O–H groups in total. The number of alkyl halides is 3. The van der Waals surface area contributed by atoms with Crippen LogP contribution in [0.25, 0.3) is 6.08 Å². The summed E-state index contributed by atoms with van der Waals surface area (Å²) in [5, 5.41) is 21.1. The Kier molecular flexibility index (Phi) is 4.70. The van der Waals surface area contributed by atoms with Crippen molar-refractivity contribution in [2.75, 3.05) is 0 Å². The summed E-state index contributed by atoms with van der Waals surface area (Å²) in [7, 11) is 0. The summed E-state index contributed by atoms with van der Waals surface area (Å²) in [5.41, 5.74) is -5.13. The smallest absolute Gasteiger partial charge is 0.372 e. The van der Waals surface area contributed by atoms with Crippen LogP contribution >= 0.6 is 0 Å². The number of nitro benzene ring substituents is 1. The first kappa shape index (κ1) is 17.6. The molecule has 24 heavy (non-hydrogen) atoms. The first-order valence-corrected chi connectivity index (χ1v) is 6.63. The molecule has 8 heteroatoms. The van der Waals surface area contributed by atoms with Crippen LogP contribution in [0.3, 0.4) is 0 Å². The summed E-state index contributed by atoms with van der Waals surface area (Å²) in [6.07, 6.45) is -3.87. The summed E-state index contributed by atoms with van der Waals surface area (Å²) < 4.78 is 53.1. The van der Waals surface area contributed by atoms with E-state index in [-0.39, 0.29) is 5.56 Å². The first-order chi connectivity index (χ1) is 11.1. The van der Waals surface area contributed by atoms with Gasteiger partial charge in [0.2, 0.25) is 5.60 Å². The minimum atomic E-state index is -5.20.